The number of nitrogens with zero attached hydrogens (tertiary/aromatic N) is 1. The first-order valence-corrected chi connectivity index (χ1v) is 9.92. The van der Waals surface area contributed by atoms with Crippen LogP contribution in [0, 0.1) is 11.3 Å². The van der Waals surface area contributed by atoms with Crippen molar-refractivity contribution in [2.75, 3.05) is 18.4 Å². The fourth-order valence-corrected chi connectivity index (χ4v) is 4.51. The smallest absolute Gasteiger partial charge is 0.243 e. The van der Waals surface area contributed by atoms with Gasteiger partial charge in [-0.1, -0.05) is 27.7 Å². The molecule has 0 radical (unpaired) electrons. The Morgan fingerprint density at radius 2 is 1.88 bits per heavy atom. The summed E-state index contributed by atoms with van der Waals surface area (Å²) in [5.41, 5.74) is 0.536. The van der Waals surface area contributed by atoms with Crippen LogP contribution in [-0.4, -0.2) is 31.7 Å². The van der Waals surface area contributed by atoms with Crippen LogP contribution in [0.25, 0.3) is 0 Å². The summed E-state index contributed by atoms with van der Waals surface area (Å²) in [4.78, 5) is 12.2. The van der Waals surface area contributed by atoms with Crippen molar-refractivity contribution in [2.24, 2.45) is 11.3 Å². The number of anilines is 1. The first-order valence-electron chi connectivity index (χ1n) is 8.48. The molecule has 6 heteroatoms. The Labute approximate surface area is 145 Å². The van der Waals surface area contributed by atoms with Gasteiger partial charge in [0.25, 0.3) is 0 Å². The van der Waals surface area contributed by atoms with Crippen molar-refractivity contribution in [3.63, 3.8) is 0 Å². The zero-order chi connectivity index (χ0) is 18.0. The Hall–Kier alpha value is -1.40. The predicted molar refractivity (Wildman–Crippen MR) is 96.3 cm³/mol. The zero-order valence-corrected chi connectivity index (χ0v) is 15.8. The van der Waals surface area contributed by atoms with Gasteiger partial charge in [-0.05, 0) is 48.4 Å². The molecule has 1 N–H and O–H groups in total. The lowest BCUT2D eigenvalue weighted by Gasteiger charge is -2.30. The molecule has 0 aliphatic carbocycles. The molecule has 1 aliphatic heterocycles. The number of carbonyl (C=O) groups is 1. The van der Waals surface area contributed by atoms with E-state index in [2.05, 4.69) is 12.2 Å². The Morgan fingerprint density at radius 3 is 2.42 bits per heavy atom. The van der Waals surface area contributed by atoms with Crippen LogP contribution in [0.1, 0.15) is 47.0 Å². The standard InChI is InChI=1S/C18H28N2O3S/c1-14-6-5-11-20(13-14)24(22,23)16-9-7-15(8-10-16)19-17(21)12-18(2,3)4/h7-10,14H,5-6,11-13H2,1-4H3,(H,19,21)/t14-/m0/s1. The number of hydrogen-bond donors (Lipinski definition) is 1. The minimum absolute atomic E-state index is 0.0667. The summed E-state index contributed by atoms with van der Waals surface area (Å²) in [6.07, 6.45) is 2.39. The lowest BCUT2D eigenvalue weighted by Crippen LogP contribution is -2.39. The number of benzene rings is 1. The number of piperidine rings is 1. The molecule has 1 aromatic carbocycles. The largest absolute Gasteiger partial charge is 0.326 e. The molecule has 1 aliphatic rings. The number of hydrogen-bond acceptors (Lipinski definition) is 3. The van der Waals surface area contributed by atoms with E-state index in [0.29, 0.717) is 31.1 Å². The van der Waals surface area contributed by atoms with E-state index in [9.17, 15) is 13.2 Å². The maximum absolute atomic E-state index is 12.7. The summed E-state index contributed by atoms with van der Waals surface area (Å²) in [6.45, 7) is 9.24. The highest BCUT2D eigenvalue weighted by molar-refractivity contribution is 7.89. The van der Waals surface area contributed by atoms with Crippen LogP contribution >= 0.6 is 0 Å². The first kappa shape index (κ1) is 18.9. The molecule has 1 saturated heterocycles. The Morgan fingerprint density at radius 1 is 1.25 bits per heavy atom. The van der Waals surface area contributed by atoms with Gasteiger partial charge in [-0.25, -0.2) is 8.42 Å². The molecule has 5 nitrogen and oxygen atoms in total. The van der Waals surface area contributed by atoms with Crippen molar-refractivity contribution in [1.82, 2.24) is 4.31 Å². The number of nitrogens with one attached hydrogen (secondary N) is 1. The van der Waals surface area contributed by atoms with E-state index in [1.54, 1.807) is 28.6 Å². The Bertz CT molecular complexity index is 675. The molecule has 134 valence electrons. The SMILES string of the molecule is C[C@H]1CCCN(S(=O)(=O)c2ccc(NC(=O)CC(C)(C)C)cc2)C1. The van der Waals surface area contributed by atoms with Gasteiger partial charge in [-0.15, -0.1) is 0 Å². The molecule has 0 spiro atoms. The van der Waals surface area contributed by atoms with Crippen LogP contribution in [0.2, 0.25) is 0 Å². The highest BCUT2D eigenvalue weighted by atomic mass is 32.2. The minimum Gasteiger partial charge on any atom is -0.326 e. The van der Waals surface area contributed by atoms with Gasteiger partial charge in [0.2, 0.25) is 15.9 Å². The quantitative estimate of drug-likeness (QED) is 0.902. The number of sulfonamides is 1. The summed E-state index contributed by atoms with van der Waals surface area (Å²) in [5.74, 6) is 0.326. The highest BCUT2D eigenvalue weighted by Gasteiger charge is 2.28. The van der Waals surface area contributed by atoms with Gasteiger partial charge < -0.3 is 5.32 Å². The molecular formula is C18H28N2O3S. The average molecular weight is 353 g/mol. The fourth-order valence-electron chi connectivity index (χ4n) is 2.91. The Balaban J connectivity index is 2.07. The molecule has 0 saturated carbocycles. The molecule has 24 heavy (non-hydrogen) atoms. The van der Waals surface area contributed by atoms with Gasteiger partial charge in [-0.2, -0.15) is 4.31 Å². The van der Waals surface area contributed by atoms with Gasteiger partial charge in [0.1, 0.15) is 0 Å². The van der Waals surface area contributed by atoms with E-state index in [1.807, 2.05) is 20.8 Å². The van der Waals surface area contributed by atoms with Gasteiger partial charge in [0.15, 0.2) is 0 Å². The van der Waals surface area contributed by atoms with Crippen molar-refractivity contribution in [1.29, 1.82) is 0 Å². The predicted octanol–water partition coefficient (Wildman–Crippen LogP) is 3.48. The molecule has 1 fully saturated rings. The molecular weight excluding hydrogens is 324 g/mol. The first-order chi connectivity index (χ1) is 11.1. The van der Waals surface area contributed by atoms with Gasteiger partial charge in [-0.3, -0.25) is 4.79 Å². The van der Waals surface area contributed by atoms with E-state index < -0.39 is 10.0 Å². The summed E-state index contributed by atoms with van der Waals surface area (Å²) >= 11 is 0. The molecule has 0 unspecified atom stereocenters. The second kappa shape index (κ2) is 7.23. The van der Waals surface area contributed by atoms with E-state index >= 15 is 0 Å². The van der Waals surface area contributed by atoms with Crippen LogP contribution in [0.5, 0.6) is 0 Å². The third-order valence-electron chi connectivity index (χ3n) is 4.09. The van der Waals surface area contributed by atoms with Gasteiger partial charge in [0, 0.05) is 25.2 Å². The van der Waals surface area contributed by atoms with Crippen molar-refractivity contribution < 1.29 is 13.2 Å². The van der Waals surface area contributed by atoms with Crippen LogP contribution in [0.15, 0.2) is 29.2 Å². The second-order valence-corrected chi connectivity index (χ2v) is 9.86. The van der Waals surface area contributed by atoms with Crippen molar-refractivity contribution >= 4 is 21.6 Å². The second-order valence-electron chi connectivity index (χ2n) is 7.92. The maximum atomic E-state index is 12.7. The fraction of sp³-hybridized carbons (Fsp3) is 0.611. The molecule has 2 rings (SSSR count). The van der Waals surface area contributed by atoms with E-state index in [-0.39, 0.29) is 16.2 Å². The van der Waals surface area contributed by atoms with E-state index in [4.69, 9.17) is 0 Å². The topological polar surface area (TPSA) is 66.5 Å². The lowest BCUT2D eigenvalue weighted by molar-refractivity contribution is -0.117. The maximum Gasteiger partial charge on any atom is 0.243 e. The van der Waals surface area contributed by atoms with Crippen molar-refractivity contribution in [3.05, 3.63) is 24.3 Å². The summed E-state index contributed by atoms with van der Waals surface area (Å²) in [5, 5.41) is 2.82. The Kier molecular flexibility index (Phi) is 5.71. The highest BCUT2D eigenvalue weighted by Crippen LogP contribution is 2.25. The zero-order valence-electron chi connectivity index (χ0n) is 15.0. The normalized spacial score (nSPS) is 19.9. The molecule has 1 heterocycles. The lowest BCUT2D eigenvalue weighted by atomic mass is 9.92. The number of rotatable bonds is 4. The minimum atomic E-state index is -3.45. The summed E-state index contributed by atoms with van der Waals surface area (Å²) < 4.78 is 26.9. The molecule has 0 aromatic heterocycles. The van der Waals surface area contributed by atoms with Gasteiger partial charge >= 0.3 is 0 Å². The number of carbonyl (C=O) groups excluding carboxylic acids is 1. The summed E-state index contributed by atoms with van der Waals surface area (Å²) in [6, 6.07) is 6.45. The van der Waals surface area contributed by atoms with Crippen molar-refractivity contribution in [3.8, 4) is 0 Å². The van der Waals surface area contributed by atoms with Crippen LogP contribution in [0.4, 0.5) is 5.69 Å². The van der Waals surface area contributed by atoms with Crippen LogP contribution in [0.3, 0.4) is 0 Å². The third kappa shape index (κ3) is 5.05. The number of amides is 1. The molecule has 1 atom stereocenters. The molecule has 1 amide bonds. The van der Waals surface area contributed by atoms with E-state index in [1.165, 1.54) is 0 Å². The van der Waals surface area contributed by atoms with Crippen LogP contribution < -0.4 is 5.32 Å². The molecule has 0 bridgehead atoms. The third-order valence-corrected chi connectivity index (χ3v) is 5.97. The average Bonchev–Trinajstić information content (AvgIpc) is 2.45. The van der Waals surface area contributed by atoms with Crippen LogP contribution in [-0.2, 0) is 14.8 Å². The van der Waals surface area contributed by atoms with Gasteiger partial charge in [0.05, 0.1) is 4.90 Å². The van der Waals surface area contributed by atoms with E-state index in [0.717, 1.165) is 12.8 Å². The summed E-state index contributed by atoms with van der Waals surface area (Å²) in [7, 11) is -3.45. The van der Waals surface area contributed by atoms with Crippen molar-refractivity contribution in [2.45, 2.75) is 51.9 Å². The monoisotopic (exact) mass is 352 g/mol. The molecule has 1 aromatic rings.